The molecule has 3 nitrogen and oxygen atoms in total. The lowest BCUT2D eigenvalue weighted by Crippen LogP contribution is -2.25. The molecule has 0 unspecified atom stereocenters. The summed E-state index contributed by atoms with van der Waals surface area (Å²) in [4.78, 5) is 19.9. The Morgan fingerprint density at radius 1 is 1.56 bits per heavy atom. The molecule has 0 radical (unpaired) electrons. The van der Waals surface area contributed by atoms with Gasteiger partial charge in [-0.15, -0.1) is 0 Å². The van der Waals surface area contributed by atoms with E-state index in [4.69, 9.17) is 0 Å². The molecule has 0 atom stereocenters. The summed E-state index contributed by atoms with van der Waals surface area (Å²) in [5, 5.41) is 0. The van der Waals surface area contributed by atoms with Gasteiger partial charge in [-0.2, -0.15) is 0 Å². The molecule has 1 fully saturated rings. The number of carbonyl (C=O) groups is 2. The Balaban J connectivity index is 2.16. The van der Waals surface area contributed by atoms with E-state index in [9.17, 15) is 9.59 Å². The van der Waals surface area contributed by atoms with Gasteiger partial charge in [0.25, 0.3) is 0 Å². The zero-order valence-corrected chi connectivity index (χ0v) is 5.00. The first kappa shape index (κ1) is 6.26. The van der Waals surface area contributed by atoms with E-state index in [1.165, 1.54) is 0 Å². The van der Waals surface area contributed by atoms with Gasteiger partial charge in [-0.1, -0.05) is 0 Å². The van der Waals surface area contributed by atoms with Crippen LogP contribution in [0.2, 0.25) is 0 Å². The van der Waals surface area contributed by atoms with Crippen molar-refractivity contribution in [1.82, 2.24) is 0 Å². The standard InChI is InChI=1S/C6H8O3/c7-4-6(8)9-5-2-1-3-5/h4-5H,1-3H2. The van der Waals surface area contributed by atoms with Crippen molar-refractivity contribution < 1.29 is 14.3 Å². The van der Waals surface area contributed by atoms with Crippen LogP contribution in [0.25, 0.3) is 0 Å². The average molecular weight is 128 g/mol. The third kappa shape index (κ3) is 1.52. The summed E-state index contributed by atoms with van der Waals surface area (Å²) in [5.74, 6) is -0.736. The highest BCUT2D eigenvalue weighted by molar-refractivity contribution is 6.20. The van der Waals surface area contributed by atoms with Crippen molar-refractivity contribution in [3.63, 3.8) is 0 Å². The normalized spacial score (nSPS) is 18.2. The maximum absolute atomic E-state index is 10.2. The molecule has 0 aromatic heterocycles. The van der Waals surface area contributed by atoms with Crippen molar-refractivity contribution in [2.75, 3.05) is 0 Å². The molecule has 1 rings (SSSR count). The van der Waals surface area contributed by atoms with Gasteiger partial charge in [0.05, 0.1) is 0 Å². The fourth-order valence-electron chi connectivity index (χ4n) is 0.681. The number of rotatable bonds is 2. The second kappa shape index (κ2) is 2.62. The Morgan fingerprint density at radius 2 is 2.22 bits per heavy atom. The molecule has 0 aromatic carbocycles. The van der Waals surface area contributed by atoms with E-state index in [1.54, 1.807) is 0 Å². The van der Waals surface area contributed by atoms with Gasteiger partial charge >= 0.3 is 5.97 Å². The van der Waals surface area contributed by atoms with E-state index >= 15 is 0 Å². The Kier molecular flexibility index (Phi) is 1.82. The zero-order valence-electron chi connectivity index (χ0n) is 5.00. The predicted molar refractivity (Wildman–Crippen MR) is 29.8 cm³/mol. The third-order valence-corrected chi connectivity index (χ3v) is 1.43. The van der Waals surface area contributed by atoms with Gasteiger partial charge in [-0.3, -0.25) is 4.79 Å². The maximum atomic E-state index is 10.2. The highest BCUT2D eigenvalue weighted by Crippen LogP contribution is 2.21. The highest BCUT2D eigenvalue weighted by Gasteiger charge is 2.20. The Morgan fingerprint density at radius 3 is 2.56 bits per heavy atom. The van der Waals surface area contributed by atoms with Crippen molar-refractivity contribution >= 4 is 12.3 Å². The van der Waals surface area contributed by atoms with Gasteiger partial charge in [-0.25, -0.2) is 4.79 Å². The number of ether oxygens (including phenoxy) is 1. The van der Waals surface area contributed by atoms with Crippen molar-refractivity contribution in [3.05, 3.63) is 0 Å². The summed E-state index contributed by atoms with van der Waals surface area (Å²) >= 11 is 0. The summed E-state index contributed by atoms with van der Waals surface area (Å²) in [6.45, 7) is 0. The lowest BCUT2D eigenvalue weighted by molar-refractivity contribution is -0.156. The van der Waals surface area contributed by atoms with E-state index in [-0.39, 0.29) is 12.4 Å². The van der Waals surface area contributed by atoms with Crippen LogP contribution in [0.4, 0.5) is 0 Å². The molecule has 0 aliphatic heterocycles. The van der Waals surface area contributed by atoms with E-state index < -0.39 is 5.97 Å². The van der Waals surface area contributed by atoms with E-state index in [1.807, 2.05) is 0 Å². The van der Waals surface area contributed by atoms with Crippen LogP contribution < -0.4 is 0 Å². The van der Waals surface area contributed by atoms with Crippen LogP contribution in [0.3, 0.4) is 0 Å². The molecule has 0 spiro atoms. The molecule has 0 saturated heterocycles. The number of hydrogen-bond acceptors (Lipinski definition) is 3. The van der Waals surface area contributed by atoms with Crippen LogP contribution in [0.15, 0.2) is 0 Å². The summed E-state index contributed by atoms with van der Waals surface area (Å²) < 4.78 is 4.63. The molecule has 1 aliphatic carbocycles. The predicted octanol–water partition coefficient (Wildman–Crippen LogP) is 0.281. The van der Waals surface area contributed by atoms with E-state index in [2.05, 4.69) is 4.74 Å². The molecule has 0 heterocycles. The second-order valence-corrected chi connectivity index (χ2v) is 2.11. The van der Waals surface area contributed by atoms with Crippen molar-refractivity contribution in [2.24, 2.45) is 0 Å². The molecule has 9 heavy (non-hydrogen) atoms. The van der Waals surface area contributed by atoms with Crippen LogP contribution in [-0.2, 0) is 14.3 Å². The molecule has 1 saturated carbocycles. The topological polar surface area (TPSA) is 43.4 Å². The summed E-state index contributed by atoms with van der Waals surface area (Å²) in [7, 11) is 0. The number of aldehydes is 1. The average Bonchev–Trinajstić information content (AvgIpc) is 1.78. The zero-order chi connectivity index (χ0) is 6.69. The SMILES string of the molecule is O=CC(=O)OC1CCC1. The molecule has 1 aliphatic rings. The Labute approximate surface area is 53.0 Å². The van der Waals surface area contributed by atoms with Crippen molar-refractivity contribution in [1.29, 1.82) is 0 Å². The van der Waals surface area contributed by atoms with Gasteiger partial charge in [0, 0.05) is 0 Å². The van der Waals surface area contributed by atoms with Gasteiger partial charge in [0.1, 0.15) is 6.10 Å². The fourth-order valence-corrected chi connectivity index (χ4v) is 0.681. The number of esters is 1. The lowest BCUT2D eigenvalue weighted by Gasteiger charge is -2.23. The molecule has 50 valence electrons. The Bertz CT molecular complexity index is 126. The maximum Gasteiger partial charge on any atom is 0.371 e. The van der Waals surface area contributed by atoms with Crippen LogP contribution in [0, 0.1) is 0 Å². The first-order valence-corrected chi connectivity index (χ1v) is 2.98. The number of carbonyl (C=O) groups excluding carboxylic acids is 2. The molecular weight excluding hydrogens is 120 g/mol. The van der Waals surface area contributed by atoms with Crippen LogP contribution in [0.1, 0.15) is 19.3 Å². The monoisotopic (exact) mass is 128 g/mol. The van der Waals surface area contributed by atoms with Crippen LogP contribution >= 0.6 is 0 Å². The van der Waals surface area contributed by atoms with Gasteiger partial charge in [-0.05, 0) is 19.3 Å². The molecule has 0 N–H and O–H groups in total. The van der Waals surface area contributed by atoms with Gasteiger partial charge in [0.2, 0.25) is 6.29 Å². The summed E-state index contributed by atoms with van der Waals surface area (Å²) in [5.41, 5.74) is 0. The second-order valence-electron chi connectivity index (χ2n) is 2.11. The minimum absolute atomic E-state index is 0.0303. The number of hydrogen-bond donors (Lipinski definition) is 0. The third-order valence-electron chi connectivity index (χ3n) is 1.43. The first-order valence-electron chi connectivity index (χ1n) is 2.98. The fraction of sp³-hybridized carbons (Fsp3) is 0.667. The minimum atomic E-state index is -0.736. The minimum Gasteiger partial charge on any atom is -0.457 e. The first-order chi connectivity index (χ1) is 4.33. The van der Waals surface area contributed by atoms with E-state index in [0.29, 0.717) is 0 Å². The molecule has 3 heteroatoms. The lowest BCUT2D eigenvalue weighted by atomic mass is 9.96. The van der Waals surface area contributed by atoms with Crippen LogP contribution in [0.5, 0.6) is 0 Å². The summed E-state index contributed by atoms with van der Waals surface area (Å²) in [6.07, 6.45) is 3.18. The largest absolute Gasteiger partial charge is 0.457 e. The molecule has 0 bridgehead atoms. The van der Waals surface area contributed by atoms with Crippen molar-refractivity contribution in [3.8, 4) is 0 Å². The Hall–Kier alpha value is -0.860. The van der Waals surface area contributed by atoms with Gasteiger partial charge in [0.15, 0.2) is 0 Å². The quantitative estimate of drug-likeness (QED) is 0.305. The highest BCUT2D eigenvalue weighted by atomic mass is 16.5. The van der Waals surface area contributed by atoms with Gasteiger partial charge < -0.3 is 4.74 Å². The van der Waals surface area contributed by atoms with Crippen LogP contribution in [-0.4, -0.2) is 18.4 Å². The molecular formula is C6H8O3. The smallest absolute Gasteiger partial charge is 0.371 e. The molecule has 0 amide bonds. The van der Waals surface area contributed by atoms with E-state index in [0.717, 1.165) is 19.3 Å². The summed E-state index contributed by atoms with van der Waals surface area (Å²) in [6, 6.07) is 0. The van der Waals surface area contributed by atoms with Crippen molar-refractivity contribution in [2.45, 2.75) is 25.4 Å². The molecule has 0 aromatic rings.